The number of nitriles is 1. The molecule has 0 saturated carbocycles. The van der Waals surface area contributed by atoms with Gasteiger partial charge in [-0.2, -0.15) is 5.26 Å². The molecule has 0 saturated heterocycles. The second-order valence-corrected chi connectivity index (χ2v) is 6.52. The highest BCUT2D eigenvalue weighted by Gasteiger charge is 2.21. The van der Waals surface area contributed by atoms with Crippen molar-refractivity contribution in [2.45, 2.75) is 45.7 Å². The summed E-state index contributed by atoms with van der Waals surface area (Å²) in [5.74, 6) is -1.42. The van der Waals surface area contributed by atoms with Gasteiger partial charge in [-0.25, -0.2) is 18.6 Å². The molecule has 1 amide bonds. The van der Waals surface area contributed by atoms with E-state index in [0.29, 0.717) is 6.42 Å². The number of nitrogens with zero attached hydrogens (tertiary/aromatic N) is 3. The summed E-state index contributed by atoms with van der Waals surface area (Å²) in [6.07, 6.45) is 1.46. The number of anilines is 3. The monoisotopic (exact) mass is 404 g/mol. The summed E-state index contributed by atoms with van der Waals surface area (Å²) in [5, 5.41) is 26.2. The molecule has 0 radical (unpaired) electrons. The van der Waals surface area contributed by atoms with E-state index < -0.39 is 29.8 Å². The Balaban J connectivity index is 2.34. The Labute approximate surface area is 167 Å². The second-order valence-electron chi connectivity index (χ2n) is 6.52. The number of rotatable bonds is 8. The van der Waals surface area contributed by atoms with Crippen molar-refractivity contribution in [2.24, 2.45) is 0 Å². The quantitative estimate of drug-likeness (QED) is 0.526. The fraction of sp³-hybridized carbons (Fsp3) is 0.368. The van der Waals surface area contributed by atoms with E-state index in [9.17, 15) is 18.8 Å². The standard InChI is InChI=1S/C19H22F2N6O2/c1-4-5-16(11(3)24-19(28)29)26-18-15(21)6-12(8-22)17(27-18)25-13-7-14(20)10(2)23-9-13/h6-7,9,11,16,24H,4-5H2,1-3H3,(H,28,29)(H2,25,26,27)/t11-,16+/m0/s1. The smallest absolute Gasteiger partial charge is 0.404 e. The van der Waals surface area contributed by atoms with Crippen LogP contribution in [0, 0.1) is 29.9 Å². The summed E-state index contributed by atoms with van der Waals surface area (Å²) in [4.78, 5) is 18.9. The van der Waals surface area contributed by atoms with Crippen LogP contribution in [0.25, 0.3) is 0 Å². The molecule has 2 aromatic rings. The number of aryl methyl sites for hydroxylation is 1. The minimum Gasteiger partial charge on any atom is -0.465 e. The normalized spacial score (nSPS) is 12.6. The van der Waals surface area contributed by atoms with E-state index in [-0.39, 0.29) is 28.6 Å². The molecule has 0 aliphatic heterocycles. The van der Waals surface area contributed by atoms with Crippen molar-refractivity contribution in [2.75, 3.05) is 10.6 Å². The highest BCUT2D eigenvalue weighted by atomic mass is 19.1. The molecule has 2 atom stereocenters. The van der Waals surface area contributed by atoms with Crippen LogP contribution in [0.5, 0.6) is 0 Å². The van der Waals surface area contributed by atoms with E-state index in [1.807, 2.05) is 13.0 Å². The van der Waals surface area contributed by atoms with Gasteiger partial charge in [0.2, 0.25) is 0 Å². The molecule has 0 spiro atoms. The van der Waals surface area contributed by atoms with Gasteiger partial charge in [0.25, 0.3) is 0 Å². The van der Waals surface area contributed by atoms with Crippen LogP contribution in [0.2, 0.25) is 0 Å². The molecule has 4 N–H and O–H groups in total. The summed E-state index contributed by atoms with van der Waals surface area (Å²) in [5.41, 5.74) is 0.395. The molecule has 10 heteroatoms. The Morgan fingerprint density at radius 2 is 2.03 bits per heavy atom. The molecule has 2 rings (SSSR count). The van der Waals surface area contributed by atoms with Gasteiger partial charge in [-0.1, -0.05) is 13.3 Å². The lowest BCUT2D eigenvalue weighted by molar-refractivity contribution is 0.189. The van der Waals surface area contributed by atoms with E-state index in [2.05, 4.69) is 25.9 Å². The summed E-state index contributed by atoms with van der Waals surface area (Å²) < 4.78 is 28.2. The van der Waals surface area contributed by atoms with Crippen LogP contribution in [0.1, 0.15) is 37.9 Å². The number of pyridine rings is 2. The van der Waals surface area contributed by atoms with Crippen LogP contribution in [0.15, 0.2) is 18.3 Å². The first-order chi connectivity index (χ1) is 13.7. The van der Waals surface area contributed by atoms with Crippen molar-refractivity contribution >= 4 is 23.4 Å². The van der Waals surface area contributed by atoms with Gasteiger partial charge in [-0.05, 0) is 26.3 Å². The average molecular weight is 404 g/mol. The van der Waals surface area contributed by atoms with Crippen LogP contribution in [0.4, 0.5) is 30.9 Å². The minimum absolute atomic E-state index is 0.0237. The first-order valence-corrected chi connectivity index (χ1v) is 9.01. The molecule has 0 aromatic carbocycles. The number of carbonyl (C=O) groups is 1. The van der Waals surface area contributed by atoms with Gasteiger partial charge in [0.15, 0.2) is 17.5 Å². The van der Waals surface area contributed by atoms with Gasteiger partial charge in [0, 0.05) is 18.2 Å². The van der Waals surface area contributed by atoms with Crippen molar-refractivity contribution in [1.82, 2.24) is 15.3 Å². The zero-order valence-corrected chi connectivity index (χ0v) is 16.3. The van der Waals surface area contributed by atoms with Gasteiger partial charge in [0.05, 0.1) is 23.1 Å². The van der Waals surface area contributed by atoms with Gasteiger partial charge < -0.3 is 21.1 Å². The number of aromatic nitrogens is 2. The molecule has 0 bridgehead atoms. The van der Waals surface area contributed by atoms with Crippen LogP contribution >= 0.6 is 0 Å². The lowest BCUT2D eigenvalue weighted by atomic mass is 10.0. The number of hydrogen-bond acceptors (Lipinski definition) is 6. The Kier molecular flexibility index (Phi) is 7.25. The van der Waals surface area contributed by atoms with Crippen molar-refractivity contribution in [1.29, 1.82) is 5.26 Å². The Hall–Kier alpha value is -3.48. The van der Waals surface area contributed by atoms with Gasteiger partial charge in [0.1, 0.15) is 11.9 Å². The maximum Gasteiger partial charge on any atom is 0.404 e. The molecular formula is C19H22F2N6O2. The van der Waals surface area contributed by atoms with Crippen LogP contribution in [0.3, 0.4) is 0 Å². The predicted molar refractivity (Wildman–Crippen MR) is 104 cm³/mol. The Morgan fingerprint density at radius 1 is 1.31 bits per heavy atom. The van der Waals surface area contributed by atoms with Crippen LogP contribution in [-0.2, 0) is 0 Å². The third-order valence-electron chi connectivity index (χ3n) is 4.26. The number of carboxylic acid groups (broad SMARTS) is 1. The van der Waals surface area contributed by atoms with Gasteiger partial charge in [-0.3, -0.25) is 4.98 Å². The van der Waals surface area contributed by atoms with Crippen molar-refractivity contribution in [3.8, 4) is 6.07 Å². The molecular weight excluding hydrogens is 382 g/mol. The largest absolute Gasteiger partial charge is 0.465 e. The molecule has 8 nitrogen and oxygen atoms in total. The highest BCUT2D eigenvalue weighted by Crippen LogP contribution is 2.25. The van der Waals surface area contributed by atoms with Crippen LogP contribution in [-0.4, -0.2) is 33.3 Å². The van der Waals surface area contributed by atoms with E-state index in [1.165, 1.54) is 19.2 Å². The van der Waals surface area contributed by atoms with Gasteiger partial charge >= 0.3 is 6.09 Å². The zero-order chi connectivity index (χ0) is 21.6. The molecule has 2 heterocycles. The molecule has 154 valence electrons. The maximum absolute atomic E-state index is 14.5. The summed E-state index contributed by atoms with van der Waals surface area (Å²) >= 11 is 0. The number of hydrogen-bond donors (Lipinski definition) is 4. The van der Waals surface area contributed by atoms with E-state index in [1.54, 1.807) is 6.92 Å². The lowest BCUT2D eigenvalue weighted by Gasteiger charge is -2.25. The molecule has 0 fully saturated rings. The number of nitrogens with one attached hydrogen (secondary N) is 3. The molecule has 2 aromatic heterocycles. The predicted octanol–water partition coefficient (Wildman–Crippen LogP) is 3.92. The minimum atomic E-state index is -1.19. The van der Waals surface area contributed by atoms with E-state index in [0.717, 1.165) is 12.5 Å². The fourth-order valence-corrected chi connectivity index (χ4v) is 2.71. The topological polar surface area (TPSA) is 123 Å². The number of amides is 1. The average Bonchev–Trinajstić information content (AvgIpc) is 2.66. The van der Waals surface area contributed by atoms with Crippen molar-refractivity contribution in [3.05, 3.63) is 41.2 Å². The Morgan fingerprint density at radius 3 is 2.62 bits per heavy atom. The third kappa shape index (κ3) is 5.75. The maximum atomic E-state index is 14.5. The first-order valence-electron chi connectivity index (χ1n) is 9.01. The molecule has 29 heavy (non-hydrogen) atoms. The lowest BCUT2D eigenvalue weighted by Crippen LogP contribution is -2.44. The van der Waals surface area contributed by atoms with Crippen molar-refractivity contribution in [3.63, 3.8) is 0 Å². The van der Waals surface area contributed by atoms with Crippen LogP contribution < -0.4 is 16.0 Å². The molecule has 0 aliphatic carbocycles. The zero-order valence-electron chi connectivity index (χ0n) is 16.3. The van der Waals surface area contributed by atoms with E-state index >= 15 is 0 Å². The molecule has 0 unspecified atom stereocenters. The Bertz CT molecular complexity index is 932. The first kappa shape index (κ1) is 21.8. The summed E-state index contributed by atoms with van der Waals surface area (Å²) in [6.45, 7) is 5.08. The van der Waals surface area contributed by atoms with E-state index in [4.69, 9.17) is 5.11 Å². The molecule has 0 aliphatic rings. The van der Waals surface area contributed by atoms with Gasteiger partial charge in [-0.15, -0.1) is 0 Å². The summed E-state index contributed by atoms with van der Waals surface area (Å²) in [7, 11) is 0. The highest BCUT2D eigenvalue weighted by molar-refractivity contribution is 5.66. The summed E-state index contributed by atoms with van der Waals surface area (Å²) in [6, 6.07) is 3.09. The number of halogens is 2. The van der Waals surface area contributed by atoms with Crippen molar-refractivity contribution < 1.29 is 18.7 Å². The SMILES string of the molecule is CCC[C@@H](Nc1nc(Nc2cnc(C)c(F)c2)c(C#N)cc1F)[C@H](C)NC(=O)O. The fourth-order valence-electron chi connectivity index (χ4n) is 2.71. The second kappa shape index (κ2) is 9.64. The third-order valence-corrected chi connectivity index (χ3v) is 4.26.